The van der Waals surface area contributed by atoms with Crippen LogP contribution in [0.3, 0.4) is 0 Å². The third-order valence-electron chi connectivity index (χ3n) is 2.70. The summed E-state index contributed by atoms with van der Waals surface area (Å²) in [5.41, 5.74) is 1.23. The summed E-state index contributed by atoms with van der Waals surface area (Å²) in [5, 5.41) is 12.0. The van der Waals surface area contributed by atoms with Crippen LogP contribution in [0.4, 0.5) is 5.69 Å². The maximum Gasteiger partial charge on any atom is 0.216 e. The third-order valence-corrected chi connectivity index (χ3v) is 2.70. The zero-order valence-corrected chi connectivity index (χ0v) is 10.9. The van der Waals surface area contributed by atoms with E-state index in [9.17, 15) is 5.21 Å². The van der Waals surface area contributed by atoms with Gasteiger partial charge in [-0.1, -0.05) is 24.3 Å². The van der Waals surface area contributed by atoms with Crippen LogP contribution in [0.15, 0.2) is 48.5 Å². The first kappa shape index (κ1) is 13.0. The van der Waals surface area contributed by atoms with E-state index in [4.69, 9.17) is 9.47 Å². The second-order valence-electron chi connectivity index (χ2n) is 3.87. The zero-order chi connectivity index (χ0) is 13.7. The average Bonchev–Trinajstić information content (AvgIpc) is 2.47. The number of para-hydroxylation sites is 2. The quantitative estimate of drug-likeness (QED) is 0.366. The normalized spacial score (nSPS) is 11.2. The Morgan fingerprint density at radius 3 is 2.32 bits per heavy atom. The molecule has 0 amide bonds. The molecule has 0 saturated carbocycles. The van der Waals surface area contributed by atoms with Crippen molar-refractivity contribution in [1.29, 1.82) is 0 Å². The first-order valence-corrected chi connectivity index (χ1v) is 5.83. The molecule has 0 saturated heterocycles. The molecule has 0 aromatic heterocycles. The fourth-order valence-corrected chi connectivity index (χ4v) is 1.79. The summed E-state index contributed by atoms with van der Waals surface area (Å²) in [6.07, 6.45) is 1.47. The molecule has 0 fully saturated rings. The van der Waals surface area contributed by atoms with Gasteiger partial charge in [0, 0.05) is 12.1 Å². The molecule has 0 aliphatic heterocycles. The molecular formula is C15H15NO3. The highest BCUT2D eigenvalue weighted by Gasteiger charge is 2.11. The monoisotopic (exact) mass is 257 g/mol. The maximum atomic E-state index is 12.0. The lowest BCUT2D eigenvalue weighted by Gasteiger charge is -2.09. The summed E-state index contributed by atoms with van der Waals surface area (Å²) in [4.78, 5) is 0. The van der Waals surface area contributed by atoms with Gasteiger partial charge in [0.1, 0.15) is 0 Å². The second-order valence-corrected chi connectivity index (χ2v) is 3.87. The minimum atomic E-state index is 0.543. The predicted molar refractivity (Wildman–Crippen MR) is 74.4 cm³/mol. The van der Waals surface area contributed by atoms with Gasteiger partial charge in [-0.15, -0.1) is 0 Å². The van der Waals surface area contributed by atoms with E-state index in [1.165, 1.54) is 6.21 Å². The van der Waals surface area contributed by atoms with Crippen molar-refractivity contribution < 1.29 is 14.2 Å². The van der Waals surface area contributed by atoms with Crippen molar-refractivity contribution in [1.82, 2.24) is 0 Å². The fourth-order valence-electron chi connectivity index (χ4n) is 1.79. The van der Waals surface area contributed by atoms with Gasteiger partial charge in [0.15, 0.2) is 17.7 Å². The van der Waals surface area contributed by atoms with Crippen LogP contribution in [0, 0.1) is 5.21 Å². The highest BCUT2D eigenvalue weighted by molar-refractivity contribution is 5.82. The summed E-state index contributed by atoms with van der Waals surface area (Å²) in [6.45, 7) is 0. The molecule has 0 atom stereocenters. The first-order chi connectivity index (χ1) is 9.26. The number of benzene rings is 2. The number of hydrogen-bond donors (Lipinski definition) is 0. The van der Waals surface area contributed by atoms with Crippen molar-refractivity contribution in [3.8, 4) is 11.5 Å². The largest absolute Gasteiger partial charge is 0.618 e. The lowest BCUT2D eigenvalue weighted by Crippen LogP contribution is -2.02. The summed E-state index contributed by atoms with van der Waals surface area (Å²) in [5.74, 6) is 1.14. The van der Waals surface area contributed by atoms with Gasteiger partial charge in [0.25, 0.3) is 0 Å². The topological polar surface area (TPSA) is 44.5 Å². The van der Waals surface area contributed by atoms with Crippen LogP contribution < -0.4 is 9.47 Å². The maximum absolute atomic E-state index is 12.0. The number of nitrogens with zero attached hydrogens (tertiary/aromatic N) is 1. The molecule has 0 heterocycles. The molecule has 0 aliphatic rings. The van der Waals surface area contributed by atoms with Crippen molar-refractivity contribution in [2.45, 2.75) is 0 Å². The standard InChI is InChI=1S/C15H15NO3/c1-18-14-10-6-7-12(15(14)19-2)11-16(17)13-8-4-3-5-9-13/h3-11H,1-2H3. The van der Waals surface area contributed by atoms with Crippen molar-refractivity contribution in [2.24, 2.45) is 0 Å². The number of methoxy groups -OCH3 is 2. The van der Waals surface area contributed by atoms with E-state index < -0.39 is 0 Å². The van der Waals surface area contributed by atoms with Crippen molar-refractivity contribution in [2.75, 3.05) is 14.2 Å². The van der Waals surface area contributed by atoms with E-state index in [-0.39, 0.29) is 0 Å². The Morgan fingerprint density at radius 2 is 1.68 bits per heavy atom. The highest BCUT2D eigenvalue weighted by Crippen LogP contribution is 2.29. The number of ether oxygens (including phenoxy) is 2. The zero-order valence-electron chi connectivity index (χ0n) is 10.9. The van der Waals surface area contributed by atoms with Crippen LogP contribution in [0.25, 0.3) is 0 Å². The summed E-state index contributed by atoms with van der Waals surface area (Å²) in [7, 11) is 3.11. The number of hydrogen-bond acceptors (Lipinski definition) is 3. The van der Waals surface area contributed by atoms with Crippen LogP contribution in [0.2, 0.25) is 0 Å². The molecule has 4 heteroatoms. The molecule has 0 N–H and O–H groups in total. The molecule has 4 nitrogen and oxygen atoms in total. The Morgan fingerprint density at radius 1 is 0.947 bits per heavy atom. The molecule has 0 spiro atoms. The number of rotatable bonds is 4. The van der Waals surface area contributed by atoms with Crippen LogP contribution in [0.1, 0.15) is 5.56 Å². The van der Waals surface area contributed by atoms with Gasteiger partial charge in [0.2, 0.25) is 5.69 Å². The fraction of sp³-hybridized carbons (Fsp3) is 0.133. The van der Waals surface area contributed by atoms with Crippen molar-refractivity contribution in [3.63, 3.8) is 0 Å². The van der Waals surface area contributed by atoms with Crippen LogP contribution in [0.5, 0.6) is 11.5 Å². The minimum Gasteiger partial charge on any atom is -0.618 e. The van der Waals surface area contributed by atoms with Crippen LogP contribution in [-0.4, -0.2) is 25.2 Å². The van der Waals surface area contributed by atoms with Gasteiger partial charge in [-0.2, -0.15) is 4.74 Å². The first-order valence-electron chi connectivity index (χ1n) is 5.83. The summed E-state index contributed by atoms with van der Waals surface area (Å²) < 4.78 is 11.3. The van der Waals surface area contributed by atoms with Gasteiger partial charge in [-0.3, -0.25) is 0 Å². The lowest BCUT2D eigenvalue weighted by atomic mass is 10.2. The Kier molecular flexibility index (Phi) is 4.03. The van der Waals surface area contributed by atoms with E-state index >= 15 is 0 Å². The van der Waals surface area contributed by atoms with Gasteiger partial charge >= 0.3 is 0 Å². The third kappa shape index (κ3) is 2.85. The molecule has 2 aromatic rings. The second kappa shape index (κ2) is 5.91. The smallest absolute Gasteiger partial charge is 0.216 e. The Labute approximate surface area is 112 Å². The van der Waals surface area contributed by atoms with E-state index in [0.29, 0.717) is 22.7 Å². The van der Waals surface area contributed by atoms with Gasteiger partial charge in [-0.25, -0.2) is 0 Å². The van der Waals surface area contributed by atoms with Crippen molar-refractivity contribution in [3.05, 3.63) is 59.3 Å². The van der Waals surface area contributed by atoms with Gasteiger partial charge < -0.3 is 14.7 Å². The molecule has 0 bridgehead atoms. The molecule has 0 radical (unpaired) electrons. The molecule has 2 aromatic carbocycles. The summed E-state index contributed by atoms with van der Waals surface area (Å²) in [6, 6.07) is 14.4. The Hall–Kier alpha value is -2.49. The molecule has 19 heavy (non-hydrogen) atoms. The van der Waals surface area contributed by atoms with E-state index in [0.717, 1.165) is 4.74 Å². The molecular weight excluding hydrogens is 242 g/mol. The highest BCUT2D eigenvalue weighted by atomic mass is 16.5. The molecule has 98 valence electrons. The van der Waals surface area contributed by atoms with E-state index in [1.54, 1.807) is 38.5 Å². The summed E-state index contributed by atoms with van der Waals surface area (Å²) >= 11 is 0. The Bertz CT molecular complexity index is 579. The SMILES string of the molecule is COc1cccc(C=[N+]([O-])c2ccccc2)c1OC. The predicted octanol–water partition coefficient (Wildman–Crippen LogP) is 2.96. The van der Waals surface area contributed by atoms with E-state index in [1.807, 2.05) is 24.3 Å². The average molecular weight is 257 g/mol. The van der Waals surface area contributed by atoms with Gasteiger partial charge in [0.05, 0.1) is 19.8 Å². The molecule has 2 rings (SSSR count). The lowest BCUT2D eigenvalue weighted by molar-refractivity contribution is -0.354. The molecule has 0 aliphatic carbocycles. The van der Waals surface area contributed by atoms with E-state index in [2.05, 4.69) is 0 Å². The van der Waals surface area contributed by atoms with Crippen LogP contribution in [-0.2, 0) is 0 Å². The van der Waals surface area contributed by atoms with Crippen LogP contribution >= 0.6 is 0 Å². The Balaban J connectivity index is 2.43. The minimum absolute atomic E-state index is 0.543. The van der Waals surface area contributed by atoms with Crippen molar-refractivity contribution >= 4 is 11.9 Å². The molecule has 0 unspecified atom stereocenters. The van der Waals surface area contributed by atoms with Gasteiger partial charge in [-0.05, 0) is 12.1 Å².